The molecule has 0 radical (unpaired) electrons. The van der Waals surface area contributed by atoms with Crippen molar-refractivity contribution in [3.8, 4) is 0 Å². The van der Waals surface area contributed by atoms with E-state index in [0.29, 0.717) is 6.54 Å². The summed E-state index contributed by atoms with van der Waals surface area (Å²) in [6.45, 7) is 4.26. The Morgan fingerprint density at radius 3 is 1.78 bits per heavy atom. The predicted molar refractivity (Wildman–Crippen MR) is 61.0 cm³/mol. The van der Waals surface area contributed by atoms with E-state index in [9.17, 15) is 19.2 Å². The van der Waals surface area contributed by atoms with Gasteiger partial charge in [-0.05, 0) is 5.92 Å². The van der Waals surface area contributed by atoms with Gasteiger partial charge in [0.25, 0.3) is 29.0 Å². The Balaban J connectivity index is 2.15. The first-order chi connectivity index (χ1) is 8.42. The van der Waals surface area contributed by atoms with Gasteiger partial charge in [-0.1, -0.05) is 26.7 Å². The smallest absolute Gasteiger partial charge is 0.282 e. The average Bonchev–Trinajstić information content (AvgIpc) is 2.39. The van der Waals surface area contributed by atoms with Gasteiger partial charge in [0, 0.05) is 13.6 Å². The third kappa shape index (κ3) is 1.18. The number of imide groups is 2. The molecule has 0 atom stereocenters. The lowest BCUT2D eigenvalue weighted by Crippen LogP contribution is -2.83. The van der Waals surface area contributed by atoms with Crippen LogP contribution >= 0.6 is 0 Å². The van der Waals surface area contributed by atoms with Crippen molar-refractivity contribution in [2.24, 2.45) is 11.3 Å². The van der Waals surface area contributed by atoms with Crippen LogP contribution in [-0.2, 0) is 19.2 Å². The van der Waals surface area contributed by atoms with Gasteiger partial charge in [0.15, 0.2) is 0 Å². The number of carbonyl (C=O) groups is 4. The molecule has 4 amide bonds. The van der Waals surface area contributed by atoms with Gasteiger partial charge in [-0.2, -0.15) is 0 Å². The molecule has 18 heavy (non-hydrogen) atoms. The van der Waals surface area contributed by atoms with Crippen molar-refractivity contribution >= 4 is 23.6 Å². The minimum absolute atomic E-state index is 0.221. The first-order valence-electron chi connectivity index (χ1n) is 6.11. The zero-order chi connectivity index (χ0) is 13.7. The number of carbonyl (C=O) groups excluding carboxylic acids is 4. The van der Waals surface area contributed by atoms with Crippen LogP contribution in [-0.4, -0.2) is 47.0 Å². The summed E-state index contributed by atoms with van der Waals surface area (Å²) in [5, 5.41) is 0. The van der Waals surface area contributed by atoms with Crippen LogP contribution in [0.5, 0.6) is 0 Å². The van der Waals surface area contributed by atoms with Gasteiger partial charge in [-0.3, -0.25) is 29.0 Å². The minimum Gasteiger partial charge on any atom is -0.282 e. The third-order valence-electron chi connectivity index (χ3n) is 3.98. The van der Waals surface area contributed by atoms with Gasteiger partial charge in [0.1, 0.15) is 0 Å². The van der Waals surface area contributed by atoms with Crippen LogP contribution < -0.4 is 0 Å². The number of nitrogens with zero attached hydrogens (tertiary/aromatic N) is 2. The largest absolute Gasteiger partial charge is 0.284 e. The Kier molecular flexibility index (Phi) is 2.76. The Morgan fingerprint density at radius 2 is 1.39 bits per heavy atom. The predicted octanol–water partition coefficient (Wildman–Crippen LogP) is -0.224. The zero-order valence-electron chi connectivity index (χ0n) is 10.7. The molecule has 98 valence electrons. The molecule has 0 aromatic rings. The summed E-state index contributed by atoms with van der Waals surface area (Å²) in [7, 11) is 1.28. The van der Waals surface area contributed by atoms with Crippen molar-refractivity contribution in [1.29, 1.82) is 0 Å². The maximum absolute atomic E-state index is 11.9. The highest BCUT2D eigenvalue weighted by atomic mass is 16.2. The number of amides is 4. The molecule has 2 heterocycles. The number of rotatable bonds is 4. The number of likely N-dealkylation sites (tertiary alicyclic amines) is 2. The van der Waals surface area contributed by atoms with Crippen molar-refractivity contribution in [1.82, 2.24) is 9.80 Å². The van der Waals surface area contributed by atoms with Gasteiger partial charge in [0.2, 0.25) is 0 Å². The SMILES string of the molecule is CCC(CC)CN1C(=O)C2(C(=O)N(C)C2=O)C1=O. The standard InChI is InChI=1S/C12H16N2O4/c1-4-7(5-2)6-14-10(17)12(11(14)18)8(15)13(3)9(12)16/h7H,4-6H2,1-3H3. The fraction of sp³-hybridized carbons (Fsp3) is 0.667. The zero-order valence-corrected chi connectivity index (χ0v) is 10.7. The second kappa shape index (κ2) is 3.90. The van der Waals surface area contributed by atoms with E-state index in [4.69, 9.17) is 0 Å². The van der Waals surface area contributed by atoms with Crippen molar-refractivity contribution in [2.75, 3.05) is 13.6 Å². The van der Waals surface area contributed by atoms with Crippen LogP contribution in [0.25, 0.3) is 0 Å². The van der Waals surface area contributed by atoms with Gasteiger partial charge >= 0.3 is 0 Å². The molecule has 0 bridgehead atoms. The summed E-state index contributed by atoms with van der Waals surface area (Å²) in [5.74, 6) is -2.45. The molecule has 2 saturated heterocycles. The quantitative estimate of drug-likeness (QED) is 0.512. The Bertz CT molecular complexity index is 419. The van der Waals surface area contributed by atoms with Crippen LogP contribution in [0.1, 0.15) is 26.7 Å². The normalized spacial score (nSPS) is 21.8. The summed E-state index contributed by atoms with van der Waals surface area (Å²) in [4.78, 5) is 49.0. The van der Waals surface area contributed by atoms with E-state index in [1.54, 1.807) is 0 Å². The maximum Gasteiger partial charge on any atom is 0.284 e. The highest BCUT2D eigenvalue weighted by molar-refractivity contribution is 6.52. The van der Waals surface area contributed by atoms with Crippen molar-refractivity contribution in [3.63, 3.8) is 0 Å². The number of hydrogen-bond acceptors (Lipinski definition) is 4. The second-order valence-electron chi connectivity index (χ2n) is 4.82. The molecule has 0 saturated carbocycles. The molecule has 1 spiro atoms. The summed E-state index contributed by atoms with van der Waals surface area (Å²) < 4.78 is 0. The van der Waals surface area contributed by atoms with Crippen molar-refractivity contribution in [2.45, 2.75) is 26.7 Å². The fourth-order valence-electron chi connectivity index (χ4n) is 2.51. The Hall–Kier alpha value is -1.72. The monoisotopic (exact) mass is 252 g/mol. The van der Waals surface area contributed by atoms with Crippen molar-refractivity contribution in [3.05, 3.63) is 0 Å². The second-order valence-corrected chi connectivity index (χ2v) is 4.82. The third-order valence-corrected chi connectivity index (χ3v) is 3.98. The lowest BCUT2D eigenvalue weighted by atomic mass is 9.69. The first-order valence-corrected chi connectivity index (χ1v) is 6.11. The lowest BCUT2D eigenvalue weighted by molar-refractivity contribution is -0.198. The highest BCUT2D eigenvalue weighted by Gasteiger charge is 2.79. The molecular weight excluding hydrogens is 236 g/mol. The number of hydrogen-bond donors (Lipinski definition) is 0. The van der Waals surface area contributed by atoms with E-state index in [-0.39, 0.29) is 5.92 Å². The molecule has 0 aromatic carbocycles. The van der Waals surface area contributed by atoms with Crippen LogP contribution in [0.15, 0.2) is 0 Å². The topological polar surface area (TPSA) is 74.8 Å². The Labute approximate surface area is 105 Å². The van der Waals surface area contributed by atoms with E-state index >= 15 is 0 Å². The highest BCUT2D eigenvalue weighted by Crippen LogP contribution is 2.44. The summed E-state index contributed by atoms with van der Waals surface area (Å²) in [6.07, 6.45) is 1.70. The molecule has 6 heteroatoms. The maximum atomic E-state index is 11.9. The Morgan fingerprint density at radius 1 is 0.944 bits per heavy atom. The molecule has 0 unspecified atom stereocenters. The van der Waals surface area contributed by atoms with E-state index < -0.39 is 29.0 Å². The molecule has 6 nitrogen and oxygen atoms in total. The van der Waals surface area contributed by atoms with E-state index in [1.807, 2.05) is 13.8 Å². The van der Waals surface area contributed by atoms with Gasteiger partial charge < -0.3 is 0 Å². The van der Waals surface area contributed by atoms with E-state index in [0.717, 1.165) is 22.6 Å². The van der Waals surface area contributed by atoms with Gasteiger partial charge in [-0.25, -0.2) is 0 Å². The lowest BCUT2D eigenvalue weighted by Gasteiger charge is -2.51. The summed E-state index contributed by atoms with van der Waals surface area (Å²) in [6, 6.07) is 0. The van der Waals surface area contributed by atoms with E-state index in [1.165, 1.54) is 7.05 Å². The minimum atomic E-state index is -2.00. The van der Waals surface area contributed by atoms with Crippen LogP contribution in [0.4, 0.5) is 0 Å². The molecule has 0 aliphatic carbocycles. The fourth-order valence-corrected chi connectivity index (χ4v) is 2.51. The van der Waals surface area contributed by atoms with Crippen molar-refractivity contribution < 1.29 is 19.2 Å². The molecule has 2 rings (SSSR count). The average molecular weight is 252 g/mol. The summed E-state index contributed by atoms with van der Waals surface area (Å²) in [5.41, 5.74) is -2.00. The van der Waals surface area contributed by atoms with Crippen LogP contribution in [0.3, 0.4) is 0 Å². The molecule has 0 N–H and O–H groups in total. The molecular formula is C12H16N2O4. The first kappa shape index (κ1) is 12.7. The van der Waals surface area contributed by atoms with Gasteiger partial charge in [-0.15, -0.1) is 0 Å². The van der Waals surface area contributed by atoms with Gasteiger partial charge in [0.05, 0.1) is 0 Å². The molecule has 2 aliphatic rings. The van der Waals surface area contributed by atoms with Crippen LogP contribution in [0, 0.1) is 11.3 Å². The molecule has 0 aromatic heterocycles. The molecule has 2 aliphatic heterocycles. The molecule has 2 fully saturated rings. The van der Waals surface area contributed by atoms with Crippen LogP contribution in [0.2, 0.25) is 0 Å². The van der Waals surface area contributed by atoms with E-state index in [2.05, 4.69) is 0 Å². The summed E-state index contributed by atoms with van der Waals surface area (Å²) >= 11 is 0. The number of β-lactam (4-membered cyclic amide) rings is 4.